The maximum atomic E-state index is 2.33. The minimum atomic E-state index is 1.15. The van der Waals surface area contributed by atoms with E-state index in [-0.39, 0.29) is 0 Å². The van der Waals surface area contributed by atoms with E-state index in [4.69, 9.17) is 0 Å². The number of nitrogens with zero attached hydrogens (tertiary/aromatic N) is 4. The number of aryl methyl sites for hydroxylation is 7. The fourth-order valence-electron chi connectivity index (χ4n) is 5.03. The van der Waals surface area contributed by atoms with Crippen molar-refractivity contribution in [2.45, 2.75) is 34.6 Å². The Morgan fingerprint density at radius 3 is 2.00 bits per heavy atom. The molecule has 166 valence electrons. The van der Waals surface area contributed by atoms with E-state index >= 15 is 0 Å². The van der Waals surface area contributed by atoms with E-state index in [1.54, 1.807) is 0 Å². The standard InChI is InChI=1S/C29H32N4/c1-19-10-22(4)29(23(5)11-19)24-14-25(32-9-8-30(6)17-32)16-26(15-24)33-18-31(7)27-12-20(2)21(3)13-28(27)33/h8-18H,1-7H3/q+2. The highest BCUT2D eigenvalue weighted by Gasteiger charge is 2.20. The molecule has 4 nitrogen and oxygen atoms in total. The minimum absolute atomic E-state index is 1.15. The Bertz CT molecular complexity index is 1510. The molecule has 0 saturated heterocycles. The van der Waals surface area contributed by atoms with Crippen LogP contribution in [0.15, 0.2) is 67.5 Å². The third-order valence-corrected chi connectivity index (χ3v) is 6.73. The molecule has 0 radical (unpaired) electrons. The van der Waals surface area contributed by atoms with Crippen molar-refractivity contribution < 1.29 is 9.13 Å². The molecule has 5 rings (SSSR count). The number of fused-ring (bicyclic) bond motifs is 1. The van der Waals surface area contributed by atoms with Gasteiger partial charge in [-0.3, -0.25) is 0 Å². The van der Waals surface area contributed by atoms with Gasteiger partial charge in [0.15, 0.2) is 11.0 Å². The molecule has 0 aliphatic rings. The first-order chi connectivity index (χ1) is 15.7. The lowest BCUT2D eigenvalue weighted by atomic mass is 9.93. The molecule has 0 unspecified atom stereocenters. The first kappa shape index (κ1) is 21.2. The zero-order chi connectivity index (χ0) is 23.4. The van der Waals surface area contributed by atoms with Gasteiger partial charge in [-0.25, -0.2) is 13.7 Å². The van der Waals surface area contributed by atoms with Gasteiger partial charge in [0.2, 0.25) is 12.7 Å². The predicted octanol–water partition coefficient (Wildman–Crippen LogP) is 5.28. The molecule has 5 aromatic rings. The molecule has 0 N–H and O–H groups in total. The quantitative estimate of drug-likeness (QED) is 0.343. The first-order valence-electron chi connectivity index (χ1n) is 11.5. The number of aromatic nitrogens is 4. The molecule has 3 aromatic carbocycles. The Kier molecular flexibility index (Phi) is 4.97. The van der Waals surface area contributed by atoms with Gasteiger partial charge in [0, 0.05) is 6.07 Å². The van der Waals surface area contributed by atoms with Crippen molar-refractivity contribution in [1.82, 2.24) is 9.13 Å². The average molecular weight is 437 g/mol. The van der Waals surface area contributed by atoms with Gasteiger partial charge in [-0.2, -0.15) is 4.57 Å². The van der Waals surface area contributed by atoms with E-state index in [9.17, 15) is 0 Å². The molecular formula is C29H32N4+2. The second-order valence-electron chi connectivity index (χ2n) is 9.52. The number of benzene rings is 3. The predicted molar refractivity (Wildman–Crippen MR) is 134 cm³/mol. The number of imidazole rings is 2. The summed E-state index contributed by atoms with van der Waals surface area (Å²) < 4.78 is 8.79. The molecule has 0 aliphatic carbocycles. The highest BCUT2D eigenvalue weighted by molar-refractivity contribution is 5.79. The van der Waals surface area contributed by atoms with Crippen LogP contribution in [-0.2, 0) is 14.1 Å². The summed E-state index contributed by atoms with van der Waals surface area (Å²) in [6.45, 7) is 11.0. The molecule has 0 atom stereocenters. The van der Waals surface area contributed by atoms with Crippen molar-refractivity contribution in [2.75, 3.05) is 0 Å². The molecule has 0 amide bonds. The third kappa shape index (κ3) is 3.66. The molecule has 2 heterocycles. The van der Waals surface area contributed by atoms with Crippen LogP contribution in [0, 0.1) is 34.6 Å². The lowest BCUT2D eigenvalue weighted by Gasteiger charge is -2.13. The summed E-state index contributed by atoms with van der Waals surface area (Å²) in [6.07, 6.45) is 8.49. The summed E-state index contributed by atoms with van der Waals surface area (Å²) >= 11 is 0. The highest BCUT2D eigenvalue weighted by Crippen LogP contribution is 2.33. The van der Waals surface area contributed by atoms with Gasteiger partial charge in [0.1, 0.15) is 23.8 Å². The van der Waals surface area contributed by atoms with Crippen molar-refractivity contribution in [3.05, 3.63) is 95.3 Å². The summed E-state index contributed by atoms with van der Waals surface area (Å²) in [4.78, 5) is 0. The SMILES string of the molecule is Cc1cc(C)c(-c2cc(-n3cc[n+](C)c3)cc(-n3c[n+](C)c4cc(C)c(C)cc43)c2)c(C)c1. The van der Waals surface area contributed by atoms with Crippen LogP contribution in [0.1, 0.15) is 27.8 Å². The fourth-order valence-corrected chi connectivity index (χ4v) is 5.03. The van der Waals surface area contributed by atoms with Crippen LogP contribution in [0.25, 0.3) is 33.5 Å². The van der Waals surface area contributed by atoms with E-state index in [0.29, 0.717) is 0 Å². The summed E-state index contributed by atoms with van der Waals surface area (Å²) in [7, 11) is 4.18. The smallest absolute Gasteiger partial charge is 0.239 e. The Hall–Kier alpha value is -3.66. The van der Waals surface area contributed by atoms with Crippen LogP contribution >= 0.6 is 0 Å². The van der Waals surface area contributed by atoms with Gasteiger partial charge in [-0.1, -0.05) is 17.7 Å². The summed E-state index contributed by atoms with van der Waals surface area (Å²) in [5.41, 5.74) is 13.9. The molecule has 33 heavy (non-hydrogen) atoms. The number of rotatable bonds is 3. The second-order valence-corrected chi connectivity index (χ2v) is 9.52. The van der Waals surface area contributed by atoms with Crippen molar-refractivity contribution in [2.24, 2.45) is 14.1 Å². The topological polar surface area (TPSA) is 17.6 Å². The molecule has 0 bridgehead atoms. The van der Waals surface area contributed by atoms with E-state index < -0.39 is 0 Å². The van der Waals surface area contributed by atoms with Crippen LogP contribution in [0.3, 0.4) is 0 Å². The summed E-state index contributed by atoms with van der Waals surface area (Å²) in [5, 5.41) is 0. The zero-order valence-corrected chi connectivity index (χ0v) is 20.6. The van der Waals surface area contributed by atoms with E-state index in [1.165, 1.54) is 50.0 Å². The molecule has 4 heteroatoms. The van der Waals surface area contributed by atoms with Gasteiger partial charge < -0.3 is 0 Å². The molecular weight excluding hydrogens is 404 g/mol. The lowest BCUT2D eigenvalue weighted by Crippen LogP contribution is -2.25. The Balaban J connectivity index is 1.81. The highest BCUT2D eigenvalue weighted by atomic mass is 15.1. The summed E-state index contributed by atoms with van der Waals surface area (Å²) in [6, 6.07) is 16.0. The average Bonchev–Trinajstić information content (AvgIpc) is 3.31. The van der Waals surface area contributed by atoms with Crippen molar-refractivity contribution in [1.29, 1.82) is 0 Å². The van der Waals surface area contributed by atoms with Gasteiger partial charge in [0.25, 0.3) is 0 Å². The Morgan fingerprint density at radius 1 is 0.667 bits per heavy atom. The van der Waals surface area contributed by atoms with Gasteiger partial charge in [-0.05, 0) is 92.3 Å². The van der Waals surface area contributed by atoms with Crippen LogP contribution in [0.4, 0.5) is 0 Å². The Morgan fingerprint density at radius 2 is 1.33 bits per heavy atom. The van der Waals surface area contributed by atoms with Crippen molar-refractivity contribution in [3.8, 4) is 22.5 Å². The normalized spacial score (nSPS) is 11.5. The van der Waals surface area contributed by atoms with E-state index in [1.807, 2.05) is 0 Å². The van der Waals surface area contributed by atoms with Gasteiger partial charge in [-0.15, -0.1) is 0 Å². The maximum Gasteiger partial charge on any atom is 0.249 e. The second kappa shape index (κ2) is 7.73. The van der Waals surface area contributed by atoms with E-state index in [2.05, 4.69) is 134 Å². The Labute approximate surface area is 196 Å². The number of hydrogen-bond donors (Lipinski definition) is 0. The minimum Gasteiger partial charge on any atom is -0.239 e. The van der Waals surface area contributed by atoms with Gasteiger partial charge >= 0.3 is 0 Å². The zero-order valence-electron chi connectivity index (χ0n) is 20.6. The van der Waals surface area contributed by atoms with Crippen LogP contribution in [-0.4, -0.2) is 9.13 Å². The third-order valence-electron chi connectivity index (χ3n) is 6.73. The lowest BCUT2D eigenvalue weighted by molar-refractivity contribution is -0.670. The monoisotopic (exact) mass is 436 g/mol. The maximum absolute atomic E-state index is 2.33. The largest absolute Gasteiger partial charge is 0.249 e. The number of hydrogen-bond acceptors (Lipinski definition) is 0. The van der Waals surface area contributed by atoms with Crippen LogP contribution in [0.5, 0.6) is 0 Å². The van der Waals surface area contributed by atoms with Crippen molar-refractivity contribution in [3.63, 3.8) is 0 Å². The van der Waals surface area contributed by atoms with Crippen molar-refractivity contribution >= 4 is 11.0 Å². The molecule has 0 saturated carbocycles. The summed E-state index contributed by atoms with van der Waals surface area (Å²) in [5.74, 6) is 0. The van der Waals surface area contributed by atoms with E-state index in [0.717, 1.165) is 11.4 Å². The fraction of sp³-hybridized carbons (Fsp3) is 0.241. The first-order valence-corrected chi connectivity index (χ1v) is 11.5. The molecule has 2 aromatic heterocycles. The van der Waals surface area contributed by atoms with Crippen LogP contribution < -0.4 is 9.13 Å². The molecule has 0 aliphatic heterocycles. The molecule has 0 fully saturated rings. The van der Waals surface area contributed by atoms with Gasteiger partial charge in [0.05, 0.1) is 14.1 Å². The molecule has 0 spiro atoms. The van der Waals surface area contributed by atoms with Crippen LogP contribution in [0.2, 0.25) is 0 Å².